The van der Waals surface area contributed by atoms with Gasteiger partial charge in [-0.25, -0.2) is 4.79 Å². The minimum Gasteiger partial charge on any atom is -0.463 e. The molecule has 0 saturated heterocycles. The van der Waals surface area contributed by atoms with Crippen molar-refractivity contribution < 1.29 is 18.7 Å². The Morgan fingerprint density at radius 1 is 0.966 bits per heavy atom. The first-order valence-electron chi connectivity index (χ1n) is 9.09. The van der Waals surface area contributed by atoms with E-state index in [0.29, 0.717) is 28.7 Å². The average Bonchev–Trinajstić information content (AvgIpc) is 3.20. The van der Waals surface area contributed by atoms with Crippen LogP contribution >= 0.6 is 11.6 Å². The zero-order valence-corrected chi connectivity index (χ0v) is 16.6. The van der Waals surface area contributed by atoms with E-state index in [0.717, 1.165) is 11.1 Å². The summed E-state index contributed by atoms with van der Waals surface area (Å²) in [5, 5.41) is 0.602. The van der Waals surface area contributed by atoms with Gasteiger partial charge in [-0.1, -0.05) is 48.0 Å². The van der Waals surface area contributed by atoms with Crippen molar-refractivity contribution in [3.63, 3.8) is 0 Å². The largest absolute Gasteiger partial charge is 0.463 e. The van der Waals surface area contributed by atoms with Gasteiger partial charge < -0.3 is 9.15 Å². The summed E-state index contributed by atoms with van der Waals surface area (Å²) in [7, 11) is 0. The Morgan fingerprint density at radius 2 is 1.72 bits per heavy atom. The molecule has 0 saturated carbocycles. The second-order valence-corrected chi connectivity index (χ2v) is 6.49. The molecule has 0 amide bonds. The van der Waals surface area contributed by atoms with E-state index in [1.807, 2.05) is 24.3 Å². The van der Waals surface area contributed by atoms with Crippen LogP contribution in [0.4, 0.5) is 0 Å². The maximum atomic E-state index is 12.4. The minimum atomic E-state index is -0.398. The lowest BCUT2D eigenvalue weighted by molar-refractivity contribution is -0.137. The number of halogens is 1. The summed E-state index contributed by atoms with van der Waals surface area (Å²) in [6.45, 7) is 2.08. The van der Waals surface area contributed by atoms with Crippen molar-refractivity contribution in [2.75, 3.05) is 6.61 Å². The molecule has 0 atom stereocenters. The lowest BCUT2D eigenvalue weighted by atomic mass is 10.1. The Morgan fingerprint density at radius 3 is 2.45 bits per heavy atom. The van der Waals surface area contributed by atoms with E-state index in [4.69, 9.17) is 20.8 Å². The van der Waals surface area contributed by atoms with Gasteiger partial charge in [-0.2, -0.15) is 0 Å². The highest BCUT2D eigenvalue weighted by atomic mass is 35.5. The molecule has 0 fully saturated rings. The summed E-state index contributed by atoms with van der Waals surface area (Å²) in [5.74, 6) is 0.648. The monoisotopic (exact) mass is 406 g/mol. The normalized spacial score (nSPS) is 11.2. The Kier molecular flexibility index (Phi) is 6.82. The molecule has 0 radical (unpaired) electrons. The van der Waals surface area contributed by atoms with Crippen molar-refractivity contribution >= 4 is 35.5 Å². The zero-order valence-electron chi connectivity index (χ0n) is 15.8. The smallest absolute Gasteiger partial charge is 0.330 e. The van der Waals surface area contributed by atoms with Crippen LogP contribution in [0.3, 0.4) is 0 Å². The van der Waals surface area contributed by atoms with Gasteiger partial charge in [-0.05, 0) is 55.0 Å². The third kappa shape index (κ3) is 5.56. The van der Waals surface area contributed by atoms with Gasteiger partial charge in [0.1, 0.15) is 11.5 Å². The molecular weight excluding hydrogens is 388 g/mol. The number of benzene rings is 2. The third-order valence-electron chi connectivity index (χ3n) is 4.06. The number of esters is 1. The molecule has 0 aliphatic carbocycles. The van der Waals surface area contributed by atoms with Crippen LogP contribution in [0, 0.1) is 0 Å². The fraction of sp³-hybridized carbons (Fsp3) is 0.0833. The van der Waals surface area contributed by atoms with Crippen molar-refractivity contribution in [2.45, 2.75) is 6.92 Å². The van der Waals surface area contributed by atoms with Gasteiger partial charge in [0, 0.05) is 17.2 Å². The van der Waals surface area contributed by atoms with Gasteiger partial charge in [0.05, 0.1) is 11.6 Å². The van der Waals surface area contributed by atoms with Gasteiger partial charge >= 0.3 is 5.97 Å². The Hall–Kier alpha value is -3.37. The van der Waals surface area contributed by atoms with Gasteiger partial charge in [-0.15, -0.1) is 0 Å². The number of carbonyl (C=O) groups excluding carboxylic acids is 2. The summed E-state index contributed by atoms with van der Waals surface area (Å²) >= 11 is 6.18. The molecule has 3 rings (SSSR count). The predicted octanol–water partition coefficient (Wildman–Crippen LogP) is 6.07. The molecule has 146 valence electrons. The molecule has 0 aliphatic rings. The molecule has 0 spiro atoms. The standard InChI is InChI=1S/C24H19ClO4/c1-2-28-24(27)16-9-17-7-10-18(11-8-17)22(26)14-12-19-13-15-23(29-19)20-5-3-4-6-21(20)25/h3-16H,2H2,1H3/b14-12+,16-9+. The summed E-state index contributed by atoms with van der Waals surface area (Å²) in [5.41, 5.74) is 2.13. The van der Waals surface area contributed by atoms with E-state index in [1.54, 1.807) is 55.5 Å². The average molecular weight is 407 g/mol. The van der Waals surface area contributed by atoms with E-state index in [-0.39, 0.29) is 5.78 Å². The Balaban J connectivity index is 1.65. The Labute approximate surface area is 174 Å². The molecule has 29 heavy (non-hydrogen) atoms. The zero-order chi connectivity index (χ0) is 20.6. The van der Waals surface area contributed by atoms with Crippen molar-refractivity contribution in [1.82, 2.24) is 0 Å². The number of carbonyl (C=O) groups is 2. The SMILES string of the molecule is CCOC(=O)/C=C/c1ccc(C(=O)/C=C/c2ccc(-c3ccccc3Cl)o2)cc1. The van der Waals surface area contributed by atoms with Gasteiger partial charge in [-0.3, -0.25) is 4.79 Å². The lowest BCUT2D eigenvalue weighted by Crippen LogP contribution is -1.98. The van der Waals surface area contributed by atoms with Crippen LogP contribution in [0.2, 0.25) is 5.02 Å². The minimum absolute atomic E-state index is 0.151. The van der Waals surface area contributed by atoms with E-state index < -0.39 is 5.97 Å². The summed E-state index contributed by atoms with van der Waals surface area (Å²) in [6, 6.07) is 17.9. The molecule has 2 aromatic carbocycles. The number of hydrogen-bond acceptors (Lipinski definition) is 4. The highest BCUT2D eigenvalue weighted by molar-refractivity contribution is 6.33. The van der Waals surface area contributed by atoms with Gasteiger partial charge in [0.2, 0.25) is 0 Å². The molecule has 1 heterocycles. The predicted molar refractivity (Wildman–Crippen MR) is 115 cm³/mol. The quantitative estimate of drug-likeness (QED) is 0.271. The van der Waals surface area contributed by atoms with Crippen LogP contribution < -0.4 is 0 Å². The van der Waals surface area contributed by atoms with E-state index >= 15 is 0 Å². The molecule has 4 nitrogen and oxygen atoms in total. The second-order valence-electron chi connectivity index (χ2n) is 6.09. The molecule has 0 N–H and O–H groups in total. The summed E-state index contributed by atoms with van der Waals surface area (Å²) in [6.07, 6.45) is 6.07. The fourth-order valence-electron chi connectivity index (χ4n) is 2.62. The van der Waals surface area contributed by atoms with E-state index in [1.165, 1.54) is 12.2 Å². The van der Waals surface area contributed by atoms with Crippen molar-refractivity contribution in [1.29, 1.82) is 0 Å². The van der Waals surface area contributed by atoms with Crippen molar-refractivity contribution in [2.24, 2.45) is 0 Å². The molecule has 3 aromatic rings. The maximum absolute atomic E-state index is 12.4. The van der Waals surface area contributed by atoms with Gasteiger partial charge in [0.15, 0.2) is 5.78 Å². The van der Waals surface area contributed by atoms with Crippen LogP contribution in [-0.4, -0.2) is 18.4 Å². The molecule has 0 aliphatic heterocycles. The van der Waals surface area contributed by atoms with Crippen molar-refractivity contribution in [3.8, 4) is 11.3 Å². The molecule has 0 unspecified atom stereocenters. The van der Waals surface area contributed by atoms with Crippen molar-refractivity contribution in [3.05, 3.63) is 94.7 Å². The Bertz CT molecular complexity index is 1060. The highest BCUT2D eigenvalue weighted by Gasteiger charge is 2.07. The summed E-state index contributed by atoms with van der Waals surface area (Å²) in [4.78, 5) is 23.7. The van der Waals surface area contributed by atoms with E-state index in [2.05, 4.69) is 0 Å². The van der Waals surface area contributed by atoms with Crippen LogP contribution in [0.15, 0.2) is 77.2 Å². The van der Waals surface area contributed by atoms with Crippen LogP contribution in [0.25, 0.3) is 23.5 Å². The number of hydrogen-bond donors (Lipinski definition) is 0. The molecule has 5 heteroatoms. The summed E-state index contributed by atoms with van der Waals surface area (Å²) < 4.78 is 10.6. The second kappa shape index (κ2) is 9.71. The first-order valence-corrected chi connectivity index (χ1v) is 9.46. The van der Waals surface area contributed by atoms with Crippen LogP contribution in [-0.2, 0) is 9.53 Å². The molecular formula is C24H19ClO4. The number of ether oxygens (including phenoxy) is 1. The highest BCUT2D eigenvalue weighted by Crippen LogP contribution is 2.29. The number of allylic oxidation sites excluding steroid dienone is 1. The first-order chi connectivity index (χ1) is 14.1. The molecule has 1 aromatic heterocycles. The molecule has 0 bridgehead atoms. The third-order valence-corrected chi connectivity index (χ3v) is 4.39. The van der Waals surface area contributed by atoms with Gasteiger partial charge in [0.25, 0.3) is 0 Å². The van der Waals surface area contributed by atoms with E-state index in [9.17, 15) is 9.59 Å². The lowest BCUT2D eigenvalue weighted by Gasteiger charge is -1.99. The maximum Gasteiger partial charge on any atom is 0.330 e. The number of ketones is 1. The van der Waals surface area contributed by atoms with Crippen LogP contribution in [0.5, 0.6) is 0 Å². The fourth-order valence-corrected chi connectivity index (χ4v) is 2.84. The van der Waals surface area contributed by atoms with Crippen LogP contribution in [0.1, 0.15) is 28.6 Å². The topological polar surface area (TPSA) is 56.5 Å². The number of rotatable bonds is 7. The number of furan rings is 1. The first kappa shape index (κ1) is 20.4.